The third-order valence-corrected chi connectivity index (χ3v) is 2.48. The van der Waals surface area contributed by atoms with Gasteiger partial charge >= 0.3 is 11.9 Å². The van der Waals surface area contributed by atoms with E-state index in [2.05, 4.69) is 21.9 Å². The van der Waals surface area contributed by atoms with Gasteiger partial charge in [-0.2, -0.15) is 0 Å². The molecule has 1 rings (SSSR count). The van der Waals surface area contributed by atoms with E-state index in [0.29, 0.717) is 17.7 Å². The summed E-state index contributed by atoms with van der Waals surface area (Å²) in [6, 6.07) is 4.26. The highest BCUT2D eigenvalue weighted by molar-refractivity contribution is 5.94. The summed E-state index contributed by atoms with van der Waals surface area (Å²) in [5.74, 6) is 3.81. The van der Waals surface area contributed by atoms with Crippen molar-refractivity contribution in [2.24, 2.45) is 0 Å². The molecule has 0 unspecified atom stereocenters. The minimum absolute atomic E-state index is 0.0545. The van der Waals surface area contributed by atoms with E-state index in [-0.39, 0.29) is 23.9 Å². The molecule has 6 heteroatoms. The number of nitrogens with one attached hydrogen (secondary N) is 1. The summed E-state index contributed by atoms with van der Waals surface area (Å²) in [6.45, 7) is 1.32. The van der Waals surface area contributed by atoms with Crippen LogP contribution in [0.25, 0.3) is 0 Å². The topological polar surface area (TPSA) is 92.7 Å². The second-order valence-corrected chi connectivity index (χ2v) is 4.12. The number of hydrogen-bond donors (Lipinski definition) is 2. The monoisotopic (exact) mass is 289 g/mol. The Labute approximate surface area is 122 Å². The highest BCUT2D eigenvalue weighted by atomic mass is 16.5. The lowest BCUT2D eigenvalue weighted by Gasteiger charge is -2.06. The molecule has 0 spiro atoms. The molecule has 0 atom stereocenters. The molecule has 0 heterocycles. The highest BCUT2D eigenvalue weighted by Gasteiger charge is 2.08. The van der Waals surface area contributed by atoms with Crippen LogP contribution >= 0.6 is 0 Å². The summed E-state index contributed by atoms with van der Waals surface area (Å²) in [7, 11) is 1.30. The Bertz CT molecular complexity index is 625. The van der Waals surface area contributed by atoms with Crippen LogP contribution in [-0.2, 0) is 14.3 Å². The number of carbonyl (C=O) groups is 3. The average molecular weight is 289 g/mol. The van der Waals surface area contributed by atoms with Gasteiger partial charge in [-0.05, 0) is 18.2 Å². The molecule has 0 aliphatic rings. The largest absolute Gasteiger partial charge is 0.478 e. The number of amides is 1. The second-order valence-electron chi connectivity index (χ2n) is 4.12. The summed E-state index contributed by atoms with van der Waals surface area (Å²) in [4.78, 5) is 33.0. The molecule has 110 valence electrons. The van der Waals surface area contributed by atoms with Crippen molar-refractivity contribution >= 4 is 23.5 Å². The van der Waals surface area contributed by atoms with Crippen molar-refractivity contribution in [2.45, 2.75) is 19.8 Å². The first-order chi connectivity index (χ1) is 9.93. The molecule has 0 aliphatic carbocycles. The SMILES string of the molecule is COC(=O)CCC#Cc1ccc(C(=O)O)cc1NC(C)=O. The van der Waals surface area contributed by atoms with Gasteiger partial charge in [-0.15, -0.1) is 0 Å². The van der Waals surface area contributed by atoms with Gasteiger partial charge in [0.15, 0.2) is 0 Å². The van der Waals surface area contributed by atoms with Gasteiger partial charge in [-0.1, -0.05) is 11.8 Å². The Kier molecular flexibility index (Phi) is 5.96. The normalized spacial score (nSPS) is 9.24. The molecule has 0 saturated heterocycles. The van der Waals surface area contributed by atoms with Crippen molar-refractivity contribution in [2.75, 3.05) is 12.4 Å². The quantitative estimate of drug-likeness (QED) is 0.649. The van der Waals surface area contributed by atoms with Crippen LogP contribution in [-0.4, -0.2) is 30.1 Å². The number of aromatic carboxylic acids is 1. The van der Waals surface area contributed by atoms with Gasteiger partial charge in [0.1, 0.15) is 0 Å². The molecule has 0 aromatic heterocycles. The van der Waals surface area contributed by atoms with Crippen molar-refractivity contribution in [3.8, 4) is 11.8 Å². The molecule has 6 nitrogen and oxygen atoms in total. The Balaban J connectivity index is 2.95. The molecule has 0 fully saturated rings. The van der Waals surface area contributed by atoms with Crippen molar-refractivity contribution in [1.82, 2.24) is 0 Å². The lowest BCUT2D eigenvalue weighted by molar-refractivity contribution is -0.140. The zero-order chi connectivity index (χ0) is 15.8. The maximum Gasteiger partial charge on any atom is 0.335 e. The Morgan fingerprint density at radius 1 is 1.33 bits per heavy atom. The van der Waals surface area contributed by atoms with E-state index in [0.717, 1.165) is 0 Å². The minimum atomic E-state index is -1.09. The minimum Gasteiger partial charge on any atom is -0.478 e. The summed E-state index contributed by atoms with van der Waals surface area (Å²) < 4.78 is 4.49. The van der Waals surface area contributed by atoms with Crippen molar-refractivity contribution in [1.29, 1.82) is 0 Å². The number of carboxylic acids is 1. The number of esters is 1. The number of anilines is 1. The van der Waals surface area contributed by atoms with Gasteiger partial charge in [0.25, 0.3) is 0 Å². The number of hydrogen-bond acceptors (Lipinski definition) is 4. The van der Waals surface area contributed by atoms with E-state index >= 15 is 0 Å². The average Bonchev–Trinajstić information content (AvgIpc) is 2.43. The van der Waals surface area contributed by atoms with E-state index < -0.39 is 5.97 Å². The van der Waals surface area contributed by atoms with E-state index in [4.69, 9.17) is 5.11 Å². The van der Waals surface area contributed by atoms with Gasteiger partial charge in [-0.25, -0.2) is 4.79 Å². The third-order valence-electron chi connectivity index (χ3n) is 2.48. The van der Waals surface area contributed by atoms with Crippen molar-refractivity contribution in [3.63, 3.8) is 0 Å². The molecule has 2 N–H and O–H groups in total. The Morgan fingerprint density at radius 3 is 2.62 bits per heavy atom. The standard InChI is InChI=1S/C15H15NO5/c1-10(17)16-13-9-12(15(19)20)8-7-11(13)5-3-4-6-14(18)21-2/h7-9H,4,6H2,1-2H3,(H,16,17)(H,19,20). The zero-order valence-electron chi connectivity index (χ0n) is 11.7. The molecule has 0 bridgehead atoms. The predicted octanol–water partition coefficient (Wildman–Crippen LogP) is 1.65. The van der Waals surface area contributed by atoms with Gasteiger partial charge in [0.05, 0.1) is 24.8 Å². The number of rotatable bonds is 4. The molecular weight excluding hydrogens is 274 g/mol. The Morgan fingerprint density at radius 2 is 2.05 bits per heavy atom. The first kappa shape index (κ1) is 16.2. The van der Waals surface area contributed by atoms with Crippen LogP contribution in [0.2, 0.25) is 0 Å². The first-order valence-electron chi connectivity index (χ1n) is 6.14. The molecule has 0 radical (unpaired) electrons. The van der Waals surface area contributed by atoms with Crippen LogP contribution < -0.4 is 5.32 Å². The fourth-order valence-corrected chi connectivity index (χ4v) is 1.50. The summed E-state index contributed by atoms with van der Waals surface area (Å²) in [5, 5.41) is 11.5. The van der Waals surface area contributed by atoms with Crippen molar-refractivity contribution < 1.29 is 24.2 Å². The summed E-state index contributed by atoms with van der Waals surface area (Å²) in [5.41, 5.74) is 0.867. The third kappa shape index (κ3) is 5.37. The maximum absolute atomic E-state index is 11.1. The number of carbonyl (C=O) groups excluding carboxylic acids is 2. The zero-order valence-corrected chi connectivity index (χ0v) is 11.7. The predicted molar refractivity (Wildman–Crippen MR) is 75.8 cm³/mol. The van der Waals surface area contributed by atoms with Crippen LogP contribution in [0.3, 0.4) is 0 Å². The lowest BCUT2D eigenvalue weighted by atomic mass is 10.1. The number of methoxy groups -OCH3 is 1. The summed E-state index contributed by atoms with van der Waals surface area (Å²) in [6.07, 6.45) is 0.485. The van der Waals surface area contributed by atoms with Crippen LogP contribution in [0.5, 0.6) is 0 Å². The molecular formula is C15H15NO5. The maximum atomic E-state index is 11.1. The number of carboxylic acid groups (broad SMARTS) is 1. The molecule has 0 aliphatic heterocycles. The fraction of sp³-hybridized carbons (Fsp3) is 0.267. The van der Waals surface area contributed by atoms with Crippen LogP contribution in [0.15, 0.2) is 18.2 Å². The second kappa shape index (κ2) is 7.70. The van der Waals surface area contributed by atoms with E-state index in [1.807, 2.05) is 0 Å². The molecule has 21 heavy (non-hydrogen) atoms. The number of ether oxygens (including phenoxy) is 1. The highest BCUT2D eigenvalue weighted by Crippen LogP contribution is 2.17. The van der Waals surface area contributed by atoms with Gasteiger partial charge < -0.3 is 15.2 Å². The van der Waals surface area contributed by atoms with Gasteiger partial charge in [0, 0.05) is 18.9 Å². The Hall–Kier alpha value is -2.81. The summed E-state index contributed by atoms with van der Waals surface area (Å²) >= 11 is 0. The smallest absolute Gasteiger partial charge is 0.335 e. The molecule has 0 saturated carbocycles. The van der Waals surface area contributed by atoms with E-state index in [1.165, 1.54) is 32.2 Å². The lowest BCUT2D eigenvalue weighted by Crippen LogP contribution is -2.08. The van der Waals surface area contributed by atoms with Gasteiger partial charge in [-0.3, -0.25) is 9.59 Å². The van der Waals surface area contributed by atoms with Gasteiger partial charge in [0.2, 0.25) is 5.91 Å². The molecule has 1 amide bonds. The molecule has 1 aromatic rings. The number of benzene rings is 1. The fourth-order valence-electron chi connectivity index (χ4n) is 1.50. The molecule has 1 aromatic carbocycles. The van der Waals surface area contributed by atoms with E-state index in [9.17, 15) is 14.4 Å². The van der Waals surface area contributed by atoms with Crippen LogP contribution in [0.4, 0.5) is 5.69 Å². The van der Waals surface area contributed by atoms with Crippen LogP contribution in [0.1, 0.15) is 35.7 Å². The van der Waals surface area contributed by atoms with Crippen LogP contribution in [0, 0.1) is 11.8 Å². The van der Waals surface area contributed by atoms with E-state index in [1.54, 1.807) is 0 Å². The van der Waals surface area contributed by atoms with Crippen molar-refractivity contribution in [3.05, 3.63) is 29.3 Å². The first-order valence-corrected chi connectivity index (χ1v) is 6.14.